The SMILES string of the molecule is CCC1=C(CC)/C(=C/c2[n-]c(-c3ccc(C(C)C)cc3C(C)C)c3ccccc23)N=C1/C=C/c1ccccc1.CCC1=C(CC)/C(=C/c2[n-]c(-c3ccc(C(C)C)cc3C(C)C)c3ccccc23)N=C1/C=C/c1ccccc1.[Cu+2]. The molecular weight excluding hydrogens is 1010 g/mol. The molecule has 0 spiro atoms. The van der Waals surface area contributed by atoms with Crippen LogP contribution in [0.1, 0.15) is 177 Å². The third-order valence-electron chi connectivity index (χ3n) is 15.5. The van der Waals surface area contributed by atoms with Gasteiger partial charge in [-0.15, -0.1) is 22.8 Å². The van der Waals surface area contributed by atoms with Gasteiger partial charge in [0.25, 0.3) is 0 Å². The summed E-state index contributed by atoms with van der Waals surface area (Å²) in [5.74, 6) is 1.82. The molecule has 0 amide bonds. The van der Waals surface area contributed by atoms with Crippen molar-refractivity contribution in [3.05, 3.63) is 236 Å². The van der Waals surface area contributed by atoms with Crippen LogP contribution in [0.15, 0.2) is 201 Å². The molecule has 2 aliphatic rings. The molecule has 0 atom stereocenters. The number of hydrogen-bond acceptors (Lipinski definition) is 2. The number of fused-ring (bicyclic) bond motifs is 2. The van der Waals surface area contributed by atoms with E-state index >= 15 is 0 Å². The van der Waals surface area contributed by atoms with Crippen LogP contribution in [0.5, 0.6) is 0 Å². The Labute approximate surface area is 482 Å². The zero-order valence-electron chi connectivity index (χ0n) is 48.5. The molecule has 0 saturated carbocycles. The van der Waals surface area contributed by atoms with Crippen LogP contribution in [-0.2, 0) is 17.1 Å². The molecule has 0 fully saturated rings. The summed E-state index contributed by atoms with van der Waals surface area (Å²) in [6.07, 6.45) is 16.9. The Kier molecular flexibility index (Phi) is 19.1. The molecule has 4 nitrogen and oxygen atoms in total. The molecule has 0 aliphatic carbocycles. The summed E-state index contributed by atoms with van der Waals surface area (Å²) >= 11 is 0. The van der Waals surface area contributed by atoms with E-state index < -0.39 is 0 Å². The topological polar surface area (TPSA) is 52.9 Å². The summed E-state index contributed by atoms with van der Waals surface area (Å²) < 4.78 is 0. The van der Waals surface area contributed by atoms with E-state index in [1.807, 2.05) is 12.1 Å². The van der Waals surface area contributed by atoms with Crippen molar-refractivity contribution in [3.8, 4) is 22.5 Å². The smallest absolute Gasteiger partial charge is 0.656 e. The van der Waals surface area contributed by atoms with Crippen LogP contribution in [0.2, 0.25) is 0 Å². The largest absolute Gasteiger partial charge is 2.00 e. The third kappa shape index (κ3) is 12.6. The van der Waals surface area contributed by atoms with Crippen LogP contribution in [0.3, 0.4) is 0 Å². The molecule has 10 rings (SSSR count). The number of aliphatic imine (C=N–C) groups is 2. The van der Waals surface area contributed by atoms with Crippen molar-refractivity contribution < 1.29 is 17.1 Å². The van der Waals surface area contributed by atoms with Gasteiger partial charge in [-0.25, -0.2) is 9.98 Å². The number of rotatable bonds is 16. The van der Waals surface area contributed by atoms with E-state index in [0.29, 0.717) is 23.7 Å². The first-order chi connectivity index (χ1) is 37.8. The van der Waals surface area contributed by atoms with Crippen molar-refractivity contribution in [2.24, 2.45) is 9.98 Å². The van der Waals surface area contributed by atoms with Crippen molar-refractivity contribution in [1.29, 1.82) is 0 Å². The minimum atomic E-state index is 0. The Hall–Kier alpha value is -7.30. The normalized spacial score (nSPS) is 14.9. The number of hydrogen-bond donors (Lipinski definition) is 0. The summed E-state index contributed by atoms with van der Waals surface area (Å²) in [6, 6.07) is 52.0. The quantitative estimate of drug-likeness (QED) is 0.0906. The Morgan fingerprint density at radius 3 is 1.05 bits per heavy atom. The Balaban J connectivity index is 0.000000205. The molecular formula is C74H78CuN4. The summed E-state index contributed by atoms with van der Waals surface area (Å²) in [5.41, 5.74) is 23.9. The molecule has 0 saturated heterocycles. The van der Waals surface area contributed by atoms with Crippen LogP contribution in [0.4, 0.5) is 0 Å². The Morgan fingerprint density at radius 1 is 0.380 bits per heavy atom. The van der Waals surface area contributed by atoms with Crippen LogP contribution in [0, 0.1) is 0 Å². The van der Waals surface area contributed by atoms with Gasteiger partial charge in [-0.05, 0) is 150 Å². The van der Waals surface area contributed by atoms with Crippen molar-refractivity contribution >= 4 is 57.3 Å². The van der Waals surface area contributed by atoms with Crippen LogP contribution in [0.25, 0.3) is 68.4 Å². The zero-order valence-corrected chi connectivity index (χ0v) is 49.5. The van der Waals surface area contributed by atoms with Gasteiger partial charge in [-0.1, -0.05) is 253 Å². The van der Waals surface area contributed by atoms with E-state index in [-0.39, 0.29) is 17.1 Å². The van der Waals surface area contributed by atoms with Crippen molar-refractivity contribution in [1.82, 2.24) is 9.97 Å². The molecule has 5 heteroatoms. The standard InChI is InChI=1S/2C37H39N2.Cu/c2*1-7-28-29(8-2)35(38-34(28)21-18-26-14-10-9-11-15-26)23-36-30-16-12-13-17-31(30)37(39-36)32-20-19-27(24(3)4)22-33(32)25(5)6;/h2*9-25H,7-8H2,1-6H3;/q2*-1;+2/b2*21-18+,35-23-;. The van der Waals surface area contributed by atoms with Gasteiger partial charge in [0.15, 0.2) is 0 Å². The van der Waals surface area contributed by atoms with E-state index in [4.69, 9.17) is 20.0 Å². The Bertz CT molecular complexity index is 3460. The fraction of sp³-hybridized carbons (Fsp3) is 0.270. The molecule has 8 aromatic rings. The van der Waals surface area contributed by atoms with Crippen molar-refractivity contribution in [2.75, 3.05) is 0 Å². The maximum absolute atomic E-state index is 5.29. The number of aromatic nitrogens is 2. The summed E-state index contributed by atoms with van der Waals surface area (Å²) in [7, 11) is 0. The number of nitrogens with zero attached hydrogens (tertiary/aromatic N) is 4. The van der Waals surface area contributed by atoms with Crippen LogP contribution < -0.4 is 9.97 Å². The predicted octanol–water partition coefficient (Wildman–Crippen LogP) is 20.7. The van der Waals surface area contributed by atoms with Gasteiger partial charge in [0.05, 0.1) is 22.8 Å². The van der Waals surface area contributed by atoms with Gasteiger partial charge in [0, 0.05) is 0 Å². The molecule has 0 N–H and O–H groups in total. The van der Waals surface area contributed by atoms with E-state index in [0.717, 1.165) is 71.3 Å². The van der Waals surface area contributed by atoms with E-state index in [1.54, 1.807) is 0 Å². The van der Waals surface area contributed by atoms with Gasteiger partial charge >= 0.3 is 17.1 Å². The third-order valence-corrected chi connectivity index (χ3v) is 15.5. The molecule has 6 aromatic carbocycles. The monoisotopic (exact) mass is 1090 g/mol. The van der Waals surface area contributed by atoms with E-state index in [1.165, 1.54) is 88.3 Å². The van der Waals surface area contributed by atoms with Crippen LogP contribution >= 0.6 is 0 Å². The Morgan fingerprint density at radius 2 is 0.722 bits per heavy atom. The molecule has 405 valence electrons. The first kappa shape index (κ1) is 57.9. The zero-order chi connectivity index (χ0) is 55.0. The number of benzene rings is 6. The average molecular weight is 1090 g/mol. The fourth-order valence-corrected chi connectivity index (χ4v) is 11.2. The molecule has 79 heavy (non-hydrogen) atoms. The van der Waals surface area contributed by atoms with E-state index in [2.05, 4.69) is 253 Å². The summed E-state index contributed by atoms with van der Waals surface area (Å²) in [6.45, 7) is 27.0. The molecule has 4 heterocycles. The van der Waals surface area contributed by atoms with E-state index in [9.17, 15) is 0 Å². The molecule has 2 aliphatic heterocycles. The first-order valence-electron chi connectivity index (χ1n) is 28.7. The van der Waals surface area contributed by atoms with Crippen molar-refractivity contribution in [3.63, 3.8) is 0 Å². The second-order valence-electron chi connectivity index (χ2n) is 22.0. The van der Waals surface area contributed by atoms with Gasteiger partial charge in [0.2, 0.25) is 0 Å². The van der Waals surface area contributed by atoms with Gasteiger partial charge in [-0.2, -0.15) is 0 Å². The molecule has 2 aromatic heterocycles. The van der Waals surface area contributed by atoms with Crippen molar-refractivity contribution in [2.45, 2.75) is 132 Å². The maximum Gasteiger partial charge on any atom is 2.00 e. The predicted molar refractivity (Wildman–Crippen MR) is 339 cm³/mol. The number of allylic oxidation sites excluding steroid dienone is 6. The minimum Gasteiger partial charge on any atom is -0.656 e. The average Bonchev–Trinajstić information content (AvgIpc) is 4.39. The fourth-order valence-electron chi connectivity index (χ4n) is 11.2. The maximum atomic E-state index is 5.29. The second kappa shape index (κ2) is 26.1. The molecule has 0 unspecified atom stereocenters. The second-order valence-corrected chi connectivity index (χ2v) is 22.0. The summed E-state index contributed by atoms with van der Waals surface area (Å²) in [4.78, 5) is 20.9. The van der Waals surface area contributed by atoms with Gasteiger partial charge in [-0.3, -0.25) is 0 Å². The molecule has 0 bridgehead atoms. The van der Waals surface area contributed by atoms with Gasteiger partial charge in [0.1, 0.15) is 0 Å². The van der Waals surface area contributed by atoms with Gasteiger partial charge < -0.3 is 9.97 Å². The first-order valence-corrected chi connectivity index (χ1v) is 28.7. The summed E-state index contributed by atoms with van der Waals surface area (Å²) in [5, 5.41) is 4.76. The molecule has 1 radical (unpaired) electrons. The van der Waals surface area contributed by atoms with Crippen LogP contribution in [-0.4, -0.2) is 11.4 Å². The minimum absolute atomic E-state index is 0.